The molecule has 0 saturated heterocycles. The van der Waals surface area contributed by atoms with Gasteiger partial charge in [-0.15, -0.1) is 0 Å². The molecule has 0 aliphatic heterocycles. The van der Waals surface area contributed by atoms with Gasteiger partial charge in [0.15, 0.2) is 5.78 Å². The number of allylic oxidation sites excluding steroid dienone is 5. The van der Waals surface area contributed by atoms with Crippen LogP contribution in [0.2, 0.25) is 0 Å². The first-order valence-corrected chi connectivity index (χ1v) is 6.11. The van der Waals surface area contributed by atoms with Gasteiger partial charge in [-0.3, -0.25) is 4.79 Å². The highest BCUT2D eigenvalue weighted by Crippen LogP contribution is 2.44. The van der Waals surface area contributed by atoms with Crippen molar-refractivity contribution < 1.29 is 4.79 Å². The summed E-state index contributed by atoms with van der Waals surface area (Å²) < 4.78 is 0. The summed E-state index contributed by atoms with van der Waals surface area (Å²) >= 11 is 0. The van der Waals surface area contributed by atoms with Gasteiger partial charge < -0.3 is 0 Å². The van der Waals surface area contributed by atoms with Crippen molar-refractivity contribution in [1.29, 1.82) is 0 Å². The lowest BCUT2D eigenvalue weighted by Crippen LogP contribution is -2.04. The lowest BCUT2D eigenvalue weighted by molar-refractivity contribution is -0.114. The van der Waals surface area contributed by atoms with Gasteiger partial charge in [-0.1, -0.05) is 30.3 Å². The van der Waals surface area contributed by atoms with Crippen LogP contribution in [0, 0.1) is 5.92 Å². The Labute approximate surface area is 100 Å². The Hall–Kier alpha value is -1.89. The summed E-state index contributed by atoms with van der Waals surface area (Å²) in [6, 6.07) is 8.44. The van der Waals surface area contributed by atoms with Crippen LogP contribution in [0.1, 0.15) is 24.0 Å². The highest BCUT2D eigenvalue weighted by atomic mass is 16.1. The maximum Gasteiger partial charge on any atom is 0.159 e. The van der Waals surface area contributed by atoms with Crippen LogP contribution in [0.3, 0.4) is 0 Å². The molecule has 3 aliphatic rings. The number of carbonyl (C=O) groups excluding carboxylic acids is 1. The van der Waals surface area contributed by atoms with Gasteiger partial charge in [0.25, 0.3) is 0 Å². The molecule has 1 atom stereocenters. The zero-order valence-electron chi connectivity index (χ0n) is 9.44. The van der Waals surface area contributed by atoms with E-state index in [1.165, 1.54) is 22.3 Å². The number of rotatable bonds is 0. The maximum absolute atomic E-state index is 11.7. The van der Waals surface area contributed by atoms with Crippen LogP contribution in [0.5, 0.6) is 0 Å². The molecule has 0 radical (unpaired) electrons. The first-order valence-electron chi connectivity index (χ1n) is 6.11. The molecule has 0 N–H and O–H groups in total. The van der Waals surface area contributed by atoms with Crippen molar-refractivity contribution in [2.24, 2.45) is 5.92 Å². The molecule has 1 saturated carbocycles. The molecule has 1 aromatic rings. The maximum atomic E-state index is 11.7. The highest BCUT2D eigenvalue weighted by molar-refractivity contribution is 6.05. The molecule has 0 spiro atoms. The van der Waals surface area contributed by atoms with Crippen molar-refractivity contribution in [1.82, 2.24) is 0 Å². The van der Waals surface area contributed by atoms with E-state index in [1.807, 2.05) is 0 Å². The Morgan fingerprint density at radius 3 is 2.94 bits per heavy atom. The summed E-state index contributed by atoms with van der Waals surface area (Å²) in [4.78, 5) is 11.7. The Kier molecular flexibility index (Phi) is 1.66. The predicted molar refractivity (Wildman–Crippen MR) is 68.2 cm³/mol. The second-order valence-electron chi connectivity index (χ2n) is 4.94. The molecule has 0 bridgehead atoms. The molecule has 0 heterocycles. The zero-order valence-corrected chi connectivity index (χ0v) is 9.44. The first kappa shape index (κ1) is 9.17. The lowest BCUT2D eigenvalue weighted by atomic mass is 9.88. The molecule has 1 unspecified atom stereocenters. The van der Waals surface area contributed by atoms with Gasteiger partial charge in [-0.05, 0) is 40.8 Å². The second-order valence-corrected chi connectivity index (χ2v) is 4.94. The fourth-order valence-electron chi connectivity index (χ4n) is 3.10. The molecule has 0 aromatic heterocycles. The van der Waals surface area contributed by atoms with Gasteiger partial charge in [-0.25, -0.2) is 0 Å². The molecule has 82 valence electrons. The quantitative estimate of drug-likeness (QED) is 0.655. The second kappa shape index (κ2) is 3.07. The van der Waals surface area contributed by atoms with Crippen LogP contribution in [0.4, 0.5) is 0 Å². The van der Waals surface area contributed by atoms with Crippen LogP contribution < -0.4 is 0 Å². The number of benzene rings is 1. The molecule has 3 aliphatic carbocycles. The molecule has 0 amide bonds. The predicted octanol–water partition coefficient (Wildman–Crippen LogP) is 3.39. The van der Waals surface area contributed by atoms with E-state index in [0.29, 0.717) is 11.7 Å². The first-order chi connectivity index (χ1) is 8.33. The third-order valence-corrected chi connectivity index (χ3v) is 3.96. The highest BCUT2D eigenvalue weighted by Gasteiger charge is 2.32. The number of fused-ring (bicyclic) bond motifs is 4. The van der Waals surface area contributed by atoms with Gasteiger partial charge in [0.2, 0.25) is 0 Å². The fraction of sp³-hybridized carbons (Fsp3) is 0.188. The number of ketones is 1. The SMILES string of the molecule is O=C1CCC2C=C3C(=Cc4ccccc43)C=C12. The molecule has 1 aromatic carbocycles. The Morgan fingerprint density at radius 2 is 2.00 bits per heavy atom. The average Bonchev–Trinajstić information content (AvgIpc) is 2.88. The van der Waals surface area contributed by atoms with Gasteiger partial charge >= 0.3 is 0 Å². The standard InChI is InChI=1S/C16H12O/c17-16-6-5-11-8-14-12(9-15(11)16)7-10-3-1-2-4-13(10)14/h1-4,7-9,11H,5-6H2. The largest absolute Gasteiger partial charge is 0.295 e. The van der Waals surface area contributed by atoms with Crippen molar-refractivity contribution in [2.75, 3.05) is 0 Å². The molecular formula is C16H12O. The third kappa shape index (κ3) is 1.17. The summed E-state index contributed by atoms with van der Waals surface area (Å²) in [6.07, 6.45) is 8.29. The van der Waals surface area contributed by atoms with E-state index in [-0.39, 0.29) is 0 Å². The molecule has 1 nitrogen and oxygen atoms in total. The molecule has 4 rings (SSSR count). The lowest BCUT2D eigenvalue weighted by Gasteiger charge is -2.15. The minimum atomic E-state index is 0.335. The summed E-state index contributed by atoms with van der Waals surface area (Å²) in [5.74, 6) is 0.697. The Bertz CT molecular complexity index is 629. The van der Waals surface area contributed by atoms with Gasteiger partial charge in [0.1, 0.15) is 0 Å². The van der Waals surface area contributed by atoms with Gasteiger partial charge in [-0.2, -0.15) is 0 Å². The van der Waals surface area contributed by atoms with E-state index in [4.69, 9.17) is 0 Å². The molecule has 1 heteroatoms. The number of Topliss-reactive ketones (excluding diaryl/α,β-unsaturated/α-hetero) is 1. The number of hydrogen-bond donors (Lipinski definition) is 0. The van der Waals surface area contributed by atoms with Gasteiger partial charge in [0, 0.05) is 17.9 Å². The summed E-state index contributed by atoms with van der Waals surface area (Å²) in [5, 5.41) is 0. The van der Waals surface area contributed by atoms with Crippen molar-refractivity contribution >= 4 is 17.4 Å². The van der Waals surface area contributed by atoms with E-state index in [0.717, 1.165) is 18.4 Å². The third-order valence-electron chi connectivity index (χ3n) is 3.96. The van der Waals surface area contributed by atoms with Crippen LogP contribution in [-0.4, -0.2) is 5.78 Å². The molecular weight excluding hydrogens is 208 g/mol. The number of carbonyl (C=O) groups is 1. The van der Waals surface area contributed by atoms with Crippen molar-refractivity contribution in [3.63, 3.8) is 0 Å². The summed E-state index contributed by atoms with van der Waals surface area (Å²) in [7, 11) is 0. The topological polar surface area (TPSA) is 17.1 Å². The average molecular weight is 220 g/mol. The summed E-state index contributed by atoms with van der Waals surface area (Å²) in [6.45, 7) is 0. The normalized spacial score (nSPS) is 24.6. The minimum absolute atomic E-state index is 0.335. The summed E-state index contributed by atoms with van der Waals surface area (Å²) in [5.41, 5.74) is 6.15. The molecule has 17 heavy (non-hydrogen) atoms. The molecule has 1 fully saturated rings. The Balaban J connectivity index is 1.91. The Morgan fingerprint density at radius 1 is 1.12 bits per heavy atom. The van der Waals surface area contributed by atoms with E-state index in [2.05, 4.69) is 42.5 Å². The van der Waals surface area contributed by atoms with Crippen LogP contribution in [0.25, 0.3) is 11.6 Å². The fourth-order valence-corrected chi connectivity index (χ4v) is 3.10. The number of hydrogen-bond acceptors (Lipinski definition) is 1. The minimum Gasteiger partial charge on any atom is -0.295 e. The zero-order chi connectivity index (χ0) is 11.4. The van der Waals surface area contributed by atoms with Crippen LogP contribution in [-0.2, 0) is 4.79 Å². The van der Waals surface area contributed by atoms with Crippen LogP contribution in [0.15, 0.2) is 47.6 Å². The van der Waals surface area contributed by atoms with E-state index < -0.39 is 0 Å². The monoisotopic (exact) mass is 220 g/mol. The van der Waals surface area contributed by atoms with E-state index >= 15 is 0 Å². The smallest absolute Gasteiger partial charge is 0.159 e. The van der Waals surface area contributed by atoms with Crippen molar-refractivity contribution in [3.8, 4) is 0 Å². The van der Waals surface area contributed by atoms with Gasteiger partial charge in [0.05, 0.1) is 0 Å². The van der Waals surface area contributed by atoms with Crippen LogP contribution >= 0.6 is 0 Å². The van der Waals surface area contributed by atoms with Crippen molar-refractivity contribution in [3.05, 3.63) is 58.7 Å². The van der Waals surface area contributed by atoms with E-state index in [1.54, 1.807) is 0 Å². The van der Waals surface area contributed by atoms with Crippen molar-refractivity contribution in [2.45, 2.75) is 12.8 Å². The van der Waals surface area contributed by atoms with E-state index in [9.17, 15) is 4.79 Å².